The van der Waals surface area contributed by atoms with Gasteiger partial charge in [0.05, 0.1) is 13.2 Å². The van der Waals surface area contributed by atoms with E-state index in [1.807, 2.05) is 0 Å². The maximum Gasteiger partial charge on any atom is 0.0685 e. The van der Waals surface area contributed by atoms with Crippen molar-refractivity contribution in [2.75, 3.05) is 6.54 Å². The Kier molecular flexibility index (Phi) is 3.49. The number of aliphatic hydroxyl groups excluding tert-OH is 2. The number of nitrogens with zero attached hydrogens (tertiary/aromatic N) is 1. The first-order chi connectivity index (χ1) is 10.8. The molecule has 0 unspecified atom stereocenters. The lowest BCUT2D eigenvalue weighted by Crippen LogP contribution is -2.39. The summed E-state index contributed by atoms with van der Waals surface area (Å²) in [6.45, 7) is 2.07. The summed E-state index contributed by atoms with van der Waals surface area (Å²) in [6.07, 6.45) is 2.05. The molecule has 0 fully saturated rings. The lowest BCUT2D eigenvalue weighted by atomic mass is 9.82. The van der Waals surface area contributed by atoms with E-state index in [1.54, 1.807) is 0 Å². The Balaban J connectivity index is 1.77. The van der Waals surface area contributed by atoms with Crippen LogP contribution in [0.3, 0.4) is 0 Å². The summed E-state index contributed by atoms with van der Waals surface area (Å²) in [5, 5.41) is 19.1. The number of hydrogen-bond donors (Lipinski definition) is 2. The molecule has 3 nitrogen and oxygen atoms in total. The third-order valence-electron chi connectivity index (χ3n) is 5.18. The molecule has 2 aliphatic heterocycles. The highest BCUT2D eigenvalue weighted by Crippen LogP contribution is 2.39. The molecular weight excluding hydrogens is 274 g/mol. The van der Waals surface area contributed by atoms with E-state index < -0.39 is 0 Å². The molecule has 0 bridgehead atoms. The predicted molar refractivity (Wildman–Crippen MR) is 85.3 cm³/mol. The van der Waals surface area contributed by atoms with Gasteiger partial charge in [0, 0.05) is 19.1 Å². The molecule has 2 aromatic rings. The Labute approximate surface area is 130 Å². The third kappa shape index (κ3) is 2.17. The molecule has 2 N–H and O–H groups in total. The van der Waals surface area contributed by atoms with Crippen LogP contribution in [0.2, 0.25) is 0 Å². The smallest absolute Gasteiger partial charge is 0.0685 e. The second-order valence-electron chi connectivity index (χ2n) is 6.35. The van der Waals surface area contributed by atoms with Crippen LogP contribution in [0.25, 0.3) is 0 Å². The van der Waals surface area contributed by atoms with Gasteiger partial charge in [0.1, 0.15) is 0 Å². The van der Waals surface area contributed by atoms with Gasteiger partial charge in [-0.05, 0) is 46.2 Å². The first-order valence-electron chi connectivity index (χ1n) is 7.97. The summed E-state index contributed by atoms with van der Waals surface area (Å²) in [5.74, 6) is 0. The van der Waals surface area contributed by atoms with Crippen molar-refractivity contribution in [2.45, 2.75) is 38.6 Å². The normalized spacial score (nSPS) is 20.2. The van der Waals surface area contributed by atoms with Crippen LogP contribution < -0.4 is 0 Å². The third-order valence-corrected chi connectivity index (χ3v) is 5.18. The molecule has 2 heterocycles. The van der Waals surface area contributed by atoms with E-state index >= 15 is 0 Å². The van der Waals surface area contributed by atoms with Crippen LogP contribution in [-0.2, 0) is 32.6 Å². The number of rotatable bonds is 2. The summed E-state index contributed by atoms with van der Waals surface area (Å²) in [4.78, 5) is 2.55. The van der Waals surface area contributed by atoms with E-state index in [0.29, 0.717) is 6.04 Å². The van der Waals surface area contributed by atoms with Gasteiger partial charge in [-0.15, -0.1) is 0 Å². The summed E-state index contributed by atoms with van der Waals surface area (Å²) in [5.41, 5.74) is 7.28. The van der Waals surface area contributed by atoms with Crippen molar-refractivity contribution in [3.63, 3.8) is 0 Å². The van der Waals surface area contributed by atoms with Crippen molar-refractivity contribution >= 4 is 0 Å². The number of aliphatic hydroxyl groups is 2. The standard InChI is InChI=1S/C19H21NO2/c21-11-16-7-14-5-6-20-10-15-4-2-1-3-13(15)9-19(20)18(14)8-17(16)12-22/h1-4,7-8,19,21-22H,5-6,9-12H2/t19-/m0/s1. The monoisotopic (exact) mass is 295 g/mol. The van der Waals surface area contributed by atoms with Crippen LogP contribution in [0.15, 0.2) is 36.4 Å². The van der Waals surface area contributed by atoms with Crippen molar-refractivity contribution in [3.8, 4) is 0 Å². The van der Waals surface area contributed by atoms with Gasteiger partial charge in [0.2, 0.25) is 0 Å². The highest BCUT2D eigenvalue weighted by atomic mass is 16.3. The van der Waals surface area contributed by atoms with Gasteiger partial charge in [-0.25, -0.2) is 0 Å². The van der Waals surface area contributed by atoms with Crippen LogP contribution in [-0.4, -0.2) is 21.7 Å². The van der Waals surface area contributed by atoms with E-state index in [4.69, 9.17) is 0 Å². The Morgan fingerprint density at radius 3 is 2.45 bits per heavy atom. The summed E-state index contributed by atoms with van der Waals surface area (Å²) < 4.78 is 0. The van der Waals surface area contributed by atoms with E-state index in [1.165, 1.54) is 22.3 Å². The SMILES string of the molecule is OCc1cc2c(cc1CO)[C@@H]1Cc3ccccc3CN1CC2. The molecule has 22 heavy (non-hydrogen) atoms. The number of benzene rings is 2. The molecule has 0 saturated carbocycles. The summed E-state index contributed by atoms with van der Waals surface area (Å²) >= 11 is 0. The molecule has 0 aromatic heterocycles. The molecule has 0 saturated heterocycles. The first kappa shape index (κ1) is 13.9. The molecule has 3 heteroatoms. The quantitative estimate of drug-likeness (QED) is 0.893. The van der Waals surface area contributed by atoms with E-state index in [2.05, 4.69) is 41.3 Å². The minimum Gasteiger partial charge on any atom is -0.392 e. The number of hydrogen-bond acceptors (Lipinski definition) is 3. The summed E-state index contributed by atoms with van der Waals surface area (Å²) in [7, 11) is 0. The van der Waals surface area contributed by atoms with E-state index in [0.717, 1.165) is 37.1 Å². The van der Waals surface area contributed by atoms with Crippen molar-refractivity contribution in [3.05, 3.63) is 69.8 Å². The molecule has 0 spiro atoms. The number of fused-ring (bicyclic) bond motifs is 4. The zero-order valence-corrected chi connectivity index (χ0v) is 12.6. The molecule has 0 radical (unpaired) electrons. The lowest BCUT2D eigenvalue weighted by Gasteiger charge is -2.41. The molecule has 114 valence electrons. The van der Waals surface area contributed by atoms with Crippen molar-refractivity contribution in [2.24, 2.45) is 0 Å². The molecular formula is C19H21NO2. The largest absolute Gasteiger partial charge is 0.392 e. The Bertz CT molecular complexity index is 711. The molecule has 0 amide bonds. The maximum absolute atomic E-state index is 9.58. The molecule has 4 rings (SSSR count). The average molecular weight is 295 g/mol. The highest BCUT2D eigenvalue weighted by Gasteiger charge is 2.32. The Morgan fingerprint density at radius 2 is 1.68 bits per heavy atom. The highest BCUT2D eigenvalue weighted by molar-refractivity contribution is 5.44. The Morgan fingerprint density at radius 1 is 0.955 bits per heavy atom. The zero-order chi connectivity index (χ0) is 15.1. The van der Waals surface area contributed by atoms with Crippen LogP contribution >= 0.6 is 0 Å². The van der Waals surface area contributed by atoms with Gasteiger partial charge in [0.15, 0.2) is 0 Å². The molecule has 2 aromatic carbocycles. The van der Waals surface area contributed by atoms with Crippen LogP contribution in [0.4, 0.5) is 0 Å². The van der Waals surface area contributed by atoms with Gasteiger partial charge in [-0.1, -0.05) is 36.4 Å². The molecule has 2 aliphatic rings. The lowest BCUT2D eigenvalue weighted by molar-refractivity contribution is 0.160. The average Bonchev–Trinajstić information content (AvgIpc) is 2.58. The van der Waals surface area contributed by atoms with Crippen LogP contribution in [0.5, 0.6) is 0 Å². The fourth-order valence-corrected chi connectivity index (χ4v) is 3.96. The van der Waals surface area contributed by atoms with Gasteiger partial charge in [-0.3, -0.25) is 4.90 Å². The Hall–Kier alpha value is -1.68. The topological polar surface area (TPSA) is 43.7 Å². The van der Waals surface area contributed by atoms with Gasteiger partial charge in [-0.2, -0.15) is 0 Å². The molecule has 0 aliphatic carbocycles. The van der Waals surface area contributed by atoms with Crippen LogP contribution in [0, 0.1) is 0 Å². The van der Waals surface area contributed by atoms with Crippen LogP contribution in [0.1, 0.15) is 39.4 Å². The van der Waals surface area contributed by atoms with E-state index in [-0.39, 0.29) is 13.2 Å². The van der Waals surface area contributed by atoms with Crippen molar-refractivity contribution in [1.82, 2.24) is 4.90 Å². The minimum atomic E-state index is -0.00746. The fraction of sp³-hybridized carbons (Fsp3) is 0.368. The van der Waals surface area contributed by atoms with Gasteiger partial charge in [0.25, 0.3) is 0 Å². The zero-order valence-electron chi connectivity index (χ0n) is 12.6. The fourth-order valence-electron chi connectivity index (χ4n) is 3.96. The first-order valence-corrected chi connectivity index (χ1v) is 7.97. The van der Waals surface area contributed by atoms with Crippen molar-refractivity contribution in [1.29, 1.82) is 0 Å². The van der Waals surface area contributed by atoms with Crippen molar-refractivity contribution < 1.29 is 10.2 Å². The summed E-state index contributed by atoms with van der Waals surface area (Å²) in [6, 6.07) is 13.3. The maximum atomic E-state index is 9.58. The second-order valence-corrected chi connectivity index (χ2v) is 6.35. The van der Waals surface area contributed by atoms with Gasteiger partial charge >= 0.3 is 0 Å². The minimum absolute atomic E-state index is 0.000385. The van der Waals surface area contributed by atoms with E-state index in [9.17, 15) is 10.2 Å². The second kappa shape index (κ2) is 5.51. The predicted octanol–water partition coefficient (Wildman–Crippen LogP) is 2.33. The molecule has 1 atom stereocenters. The van der Waals surface area contributed by atoms with Gasteiger partial charge < -0.3 is 10.2 Å².